The van der Waals surface area contributed by atoms with Crippen molar-refractivity contribution in [1.82, 2.24) is 25.1 Å². The van der Waals surface area contributed by atoms with Gasteiger partial charge in [-0.3, -0.25) is 0 Å². The minimum absolute atomic E-state index is 0.363. The first-order valence-corrected chi connectivity index (χ1v) is 8.46. The molecule has 0 bridgehead atoms. The Morgan fingerprint density at radius 2 is 2.00 bits per heavy atom. The molecule has 0 radical (unpaired) electrons. The number of hydrogen-bond donors (Lipinski definition) is 2. The number of aromatic amines is 1. The lowest BCUT2D eigenvalue weighted by molar-refractivity contribution is -0.485. The number of pyridine rings is 1. The summed E-state index contributed by atoms with van der Waals surface area (Å²) in [5.74, 6) is 2.10. The van der Waals surface area contributed by atoms with E-state index in [2.05, 4.69) is 25.1 Å². The summed E-state index contributed by atoms with van der Waals surface area (Å²) in [6.45, 7) is 0. The lowest BCUT2D eigenvalue weighted by Crippen LogP contribution is -2.72. The molecule has 1 saturated carbocycles. The first kappa shape index (κ1) is 15.4. The second kappa shape index (κ2) is 6.41. The summed E-state index contributed by atoms with van der Waals surface area (Å²) in [6, 6.07) is 3.11. The number of quaternary nitrogens is 1. The van der Waals surface area contributed by atoms with E-state index in [1.54, 1.807) is 11.4 Å². The highest BCUT2D eigenvalue weighted by atomic mass is 35.5. The van der Waals surface area contributed by atoms with Crippen molar-refractivity contribution in [1.29, 1.82) is 0 Å². The highest BCUT2D eigenvalue weighted by Gasteiger charge is 2.21. The molecular formula is C16H17ClFN6+. The van der Waals surface area contributed by atoms with E-state index in [4.69, 9.17) is 11.6 Å². The fourth-order valence-electron chi connectivity index (χ4n) is 3.22. The summed E-state index contributed by atoms with van der Waals surface area (Å²) in [4.78, 5) is 13.0. The number of hydrogen-bond acceptors (Lipinski definition) is 4. The van der Waals surface area contributed by atoms with Gasteiger partial charge in [0, 0.05) is 5.92 Å². The first-order chi connectivity index (χ1) is 11.7. The summed E-state index contributed by atoms with van der Waals surface area (Å²) in [5, 5.41) is 9.79. The molecule has 0 spiro atoms. The molecule has 0 unspecified atom stereocenters. The summed E-state index contributed by atoms with van der Waals surface area (Å²) in [5.41, 5.74) is 0.468. The Morgan fingerprint density at radius 3 is 2.83 bits per heavy atom. The van der Waals surface area contributed by atoms with Crippen molar-refractivity contribution in [3.05, 3.63) is 35.1 Å². The number of fused-ring (bicyclic) bond motifs is 1. The first-order valence-electron chi connectivity index (χ1n) is 8.08. The van der Waals surface area contributed by atoms with E-state index < -0.39 is 5.82 Å². The van der Waals surface area contributed by atoms with Crippen molar-refractivity contribution in [3.63, 3.8) is 0 Å². The lowest BCUT2D eigenvalue weighted by Gasteiger charge is -2.20. The molecule has 0 aliphatic heterocycles. The standard InChI is InChI=1S/C16H16ClFN6/c17-12-7-13(21-14(20-12)9-4-2-1-3-5-9)22-16-11-6-10(18)8-19-15(11)23-24-16/h6-9H,1-5H2,(H2,19,20,21,22,23,24)/p+1. The van der Waals surface area contributed by atoms with Gasteiger partial charge in [-0.15, -0.1) is 0 Å². The molecule has 124 valence electrons. The van der Waals surface area contributed by atoms with Gasteiger partial charge in [0.05, 0.1) is 12.3 Å². The number of nitrogens with one attached hydrogen (secondary N) is 1. The third kappa shape index (κ3) is 3.09. The van der Waals surface area contributed by atoms with Crippen LogP contribution in [0, 0.1) is 5.82 Å². The minimum Gasteiger partial charge on any atom is -0.248 e. The molecular weight excluding hydrogens is 331 g/mol. The van der Waals surface area contributed by atoms with Crippen LogP contribution in [0.2, 0.25) is 5.15 Å². The van der Waals surface area contributed by atoms with Gasteiger partial charge in [0.15, 0.2) is 5.65 Å². The molecule has 3 heterocycles. The molecule has 0 amide bonds. The monoisotopic (exact) mass is 347 g/mol. The van der Waals surface area contributed by atoms with Crippen LogP contribution in [0.1, 0.15) is 43.8 Å². The zero-order valence-corrected chi connectivity index (χ0v) is 13.7. The lowest BCUT2D eigenvalue weighted by atomic mass is 9.89. The van der Waals surface area contributed by atoms with Gasteiger partial charge in [-0.1, -0.05) is 30.9 Å². The molecule has 0 saturated heterocycles. The topological polar surface area (TPSA) is 84.0 Å². The maximum absolute atomic E-state index is 13.4. The van der Waals surface area contributed by atoms with Crippen LogP contribution in [0.15, 0.2) is 18.3 Å². The Balaban J connectivity index is 1.66. The van der Waals surface area contributed by atoms with E-state index in [0.29, 0.717) is 33.7 Å². The predicted octanol–water partition coefficient (Wildman–Crippen LogP) is 3.11. The number of H-pyrrole nitrogens is 1. The molecule has 0 aromatic carbocycles. The number of halogens is 2. The highest BCUT2D eigenvalue weighted by Crippen LogP contribution is 2.31. The second-order valence-corrected chi connectivity index (χ2v) is 6.50. The fraction of sp³-hybridized carbons (Fsp3) is 0.375. The van der Waals surface area contributed by atoms with Gasteiger partial charge in [-0.2, -0.15) is 10.1 Å². The normalized spacial score (nSPS) is 15.9. The third-order valence-corrected chi connectivity index (χ3v) is 4.59. The fourth-order valence-corrected chi connectivity index (χ4v) is 3.42. The number of aromatic nitrogens is 5. The van der Waals surface area contributed by atoms with Crippen LogP contribution in [0.3, 0.4) is 0 Å². The summed E-state index contributed by atoms with van der Waals surface area (Å²) in [7, 11) is 0. The van der Waals surface area contributed by atoms with Crippen molar-refractivity contribution >= 4 is 34.3 Å². The van der Waals surface area contributed by atoms with Gasteiger partial charge < -0.3 is 0 Å². The van der Waals surface area contributed by atoms with Gasteiger partial charge in [0.1, 0.15) is 22.2 Å². The molecule has 3 aromatic heterocycles. The van der Waals surface area contributed by atoms with E-state index in [1.165, 1.54) is 25.3 Å². The van der Waals surface area contributed by atoms with Crippen LogP contribution in [0.4, 0.5) is 16.0 Å². The Hall–Kier alpha value is -2.12. The number of nitrogens with zero attached hydrogens (tertiary/aromatic N) is 4. The summed E-state index contributed by atoms with van der Waals surface area (Å²) in [6.07, 6.45) is 7.03. The molecule has 1 fully saturated rings. The van der Waals surface area contributed by atoms with Crippen molar-refractivity contribution in [3.8, 4) is 0 Å². The maximum atomic E-state index is 13.4. The van der Waals surface area contributed by atoms with Gasteiger partial charge in [0.25, 0.3) is 0 Å². The van der Waals surface area contributed by atoms with Crippen molar-refractivity contribution in [2.75, 3.05) is 0 Å². The molecule has 1 aliphatic rings. The van der Waals surface area contributed by atoms with Gasteiger partial charge in [0.2, 0.25) is 11.6 Å². The zero-order chi connectivity index (χ0) is 16.5. The van der Waals surface area contributed by atoms with Crippen LogP contribution >= 0.6 is 11.6 Å². The van der Waals surface area contributed by atoms with Gasteiger partial charge >= 0.3 is 0 Å². The SMILES string of the molecule is Fc1cnc2n[nH]c([NH2+]c3cc(Cl)nc(C4CCCCC4)n3)c2c1. The molecule has 0 atom stereocenters. The number of nitrogens with two attached hydrogens (primary N) is 1. The molecule has 24 heavy (non-hydrogen) atoms. The van der Waals surface area contributed by atoms with Gasteiger partial charge in [-0.25, -0.2) is 24.8 Å². The second-order valence-electron chi connectivity index (χ2n) is 6.11. The quantitative estimate of drug-likeness (QED) is 0.713. The summed E-state index contributed by atoms with van der Waals surface area (Å²) < 4.78 is 13.4. The van der Waals surface area contributed by atoms with Crippen LogP contribution < -0.4 is 5.32 Å². The maximum Gasteiger partial charge on any atom is 0.236 e. The molecule has 8 heteroatoms. The van der Waals surface area contributed by atoms with Crippen LogP contribution in [0.5, 0.6) is 0 Å². The smallest absolute Gasteiger partial charge is 0.236 e. The largest absolute Gasteiger partial charge is 0.248 e. The Bertz CT molecular complexity index is 874. The molecule has 1 aliphatic carbocycles. The molecule has 4 rings (SSSR count). The van der Waals surface area contributed by atoms with E-state index >= 15 is 0 Å². The van der Waals surface area contributed by atoms with E-state index in [0.717, 1.165) is 24.9 Å². The Labute approximate surface area is 142 Å². The van der Waals surface area contributed by atoms with Crippen molar-refractivity contribution in [2.24, 2.45) is 0 Å². The van der Waals surface area contributed by atoms with Crippen molar-refractivity contribution in [2.45, 2.75) is 38.0 Å². The predicted molar refractivity (Wildman–Crippen MR) is 88.0 cm³/mol. The molecule has 3 N–H and O–H groups in total. The molecule has 6 nitrogen and oxygen atoms in total. The number of rotatable bonds is 3. The minimum atomic E-state index is -0.401. The average Bonchev–Trinajstić information content (AvgIpc) is 2.97. The van der Waals surface area contributed by atoms with Crippen LogP contribution in [-0.2, 0) is 0 Å². The average molecular weight is 348 g/mol. The Morgan fingerprint density at radius 1 is 1.17 bits per heavy atom. The van der Waals surface area contributed by atoms with Gasteiger partial charge in [-0.05, 0) is 18.9 Å². The van der Waals surface area contributed by atoms with E-state index in [9.17, 15) is 4.39 Å². The highest BCUT2D eigenvalue weighted by molar-refractivity contribution is 6.29. The zero-order valence-electron chi connectivity index (χ0n) is 13.0. The Kier molecular flexibility index (Phi) is 4.12. The van der Waals surface area contributed by atoms with Crippen molar-refractivity contribution < 1.29 is 9.71 Å². The molecule has 3 aromatic rings. The van der Waals surface area contributed by atoms with Crippen LogP contribution in [0.25, 0.3) is 11.0 Å². The third-order valence-electron chi connectivity index (χ3n) is 4.40. The van der Waals surface area contributed by atoms with E-state index in [-0.39, 0.29) is 0 Å². The van der Waals surface area contributed by atoms with Crippen LogP contribution in [-0.4, -0.2) is 25.1 Å². The summed E-state index contributed by atoms with van der Waals surface area (Å²) >= 11 is 6.18. The van der Waals surface area contributed by atoms with E-state index in [1.807, 2.05) is 0 Å².